The lowest BCUT2D eigenvalue weighted by molar-refractivity contribution is -0.139. The van der Waals surface area contributed by atoms with Crippen LogP contribution in [0.1, 0.15) is 22.9 Å². The first-order valence-electron chi connectivity index (χ1n) is 9.31. The Morgan fingerprint density at radius 3 is 2.46 bits per heavy atom. The number of H-pyrrole nitrogens is 1. The van der Waals surface area contributed by atoms with Gasteiger partial charge >= 0.3 is 5.97 Å². The van der Waals surface area contributed by atoms with Crippen LogP contribution in [0.15, 0.2) is 60.7 Å². The highest BCUT2D eigenvalue weighted by Gasteiger charge is 2.34. The summed E-state index contributed by atoms with van der Waals surface area (Å²) in [6.45, 7) is 0. The van der Waals surface area contributed by atoms with E-state index in [1.54, 1.807) is 7.11 Å². The molecule has 0 unspecified atom stereocenters. The highest BCUT2D eigenvalue weighted by atomic mass is 16.5. The first kappa shape index (κ1) is 16.8. The van der Waals surface area contributed by atoms with E-state index in [1.807, 2.05) is 48.5 Å². The Morgan fingerprint density at radius 1 is 1.00 bits per heavy atom. The van der Waals surface area contributed by atoms with Gasteiger partial charge in [-0.3, -0.25) is 10.1 Å². The van der Waals surface area contributed by atoms with Gasteiger partial charge in [0.1, 0.15) is 11.8 Å². The molecule has 5 nitrogen and oxygen atoms in total. The molecule has 28 heavy (non-hydrogen) atoms. The molecule has 5 heteroatoms. The summed E-state index contributed by atoms with van der Waals surface area (Å²) >= 11 is 0. The van der Waals surface area contributed by atoms with E-state index >= 15 is 0 Å². The third-order valence-corrected chi connectivity index (χ3v) is 5.66. The Morgan fingerprint density at radius 2 is 1.71 bits per heavy atom. The molecule has 5 rings (SSSR count). The Kier molecular flexibility index (Phi) is 3.84. The van der Waals surface area contributed by atoms with Gasteiger partial charge in [-0.05, 0) is 28.6 Å². The number of nitrogens with one attached hydrogen (secondary N) is 2. The molecule has 0 amide bonds. The van der Waals surface area contributed by atoms with E-state index in [9.17, 15) is 9.90 Å². The van der Waals surface area contributed by atoms with Crippen LogP contribution >= 0.6 is 0 Å². The van der Waals surface area contributed by atoms with Crippen LogP contribution in [0, 0.1) is 0 Å². The molecule has 2 heterocycles. The molecule has 3 aromatic carbocycles. The molecule has 4 aromatic rings. The number of para-hydroxylation sites is 1. The van der Waals surface area contributed by atoms with Crippen molar-refractivity contribution in [1.29, 1.82) is 0 Å². The number of benzene rings is 3. The van der Waals surface area contributed by atoms with Crippen molar-refractivity contribution in [3.05, 3.63) is 77.5 Å². The fraction of sp³-hybridized carbons (Fsp3) is 0.174. The van der Waals surface area contributed by atoms with Gasteiger partial charge in [0.05, 0.1) is 13.2 Å². The van der Waals surface area contributed by atoms with Crippen LogP contribution in [-0.2, 0) is 11.2 Å². The summed E-state index contributed by atoms with van der Waals surface area (Å²) in [7, 11) is 1.66. The number of hydrogen-bond acceptors (Lipinski definition) is 3. The van der Waals surface area contributed by atoms with E-state index in [0.717, 1.165) is 44.2 Å². The van der Waals surface area contributed by atoms with Crippen LogP contribution in [0.3, 0.4) is 0 Å². The molecular weight excluding hydrogens is 352 g/mol. The molecular formula is C23H20N2O3. The second kappa shape index (κ2) is 6.39. The van der Waals surface area contributed by atoms with Crippen molar-refractivity contribution in [2.75, 3.05) is 7.11 Å². The lowest BCUT2D eigenvalue weighted by Crippen LogP contribution is -2.45. The number of fused-ring (bicyclic) bond motifs is 4. The monoisotopic (exact) mass is 372 g/mol. The zero-order valence-corrected chi connectivity index (χ0v) is 15.4. The summed E-state index contributed by atoms with van der Waals surface area (Å²) in [5, 5.41) is 16.2. The second-order valence-corrected chi connectivity index (χ2v) is 7.16. The minimum atomic E-state index is -0.834. The van der Waals surface area contributed by atoms with Gasteiger partial charge in [-0.15, -0.1) is 0 Å². The molecule has 0 bridgehead atoms. The van der Waals surface area contributed by atoms with Crippen molar-refractivity contribution in [3.63, 3.8) is 0 Å². The third kappa shape index (κ3) is 2.47. The van der Waals surface area contributed by atoms with Crippen molar-refractivity contribution in [2.24, 2.45) is 0 Å². The van der Waals surface area contributed by atoms with Crippen LogP contribution in [0.25, 0.3) is 21.7 Å². The number of ether oxygens (including phenoxy) is 1. The van der Waals surface area contributed by atoms with E-state index < -0.39 is 12.0 Å². The molecule has 0 spiro atoms. The van der Waals surface area contributed by atoms with Gasteiger partial charge in [-0.1, -0.05) is 48.5 Å². The largest absolute Gasteiger partial charge is 0.496 e. The van der Waals surface area contributed by atoms with Crippen molar-refractivity contribution < 1.29 is 14.6 Å². The van der Waals surface area contributed by atoms with E-state index in [2.05, 4.69) is 22.4 Å². The van der Waals surface area contributed by atoms with Crippen molar-refractivity contribution in [2.45, 2.75) is 18.5 Å². The van der Waals surface area contributed by atoms with E-state index in [4.69, 9.17) is 4.74 Å². The van der Waals surface area contributed by atoms with Crippen LogP contribution in [0.4, 0.5) is 0 Å². The fourth-order valence-electron chi connectivity index (χ4n) is 4.36. The average molecular weight is 372 g/mol. The second-order valence-electron chi connectivity index (χ2n) is 7.16. The lowest BCUT2D eigenvalue weighted by Gasteiger charge is -2.30. The van der Waals surface area contributed by atoms with Crippen LogP contribution in [0.5, 0.6) is 5.75 Å². The van der Waals surface area contributed by atoms with E-state index in [1.165, 1.54) is 0 Å². The van der Waals surface area contributed by atoms with Gasteiger partial charge in [0, 0.05) is 28.4 Å². The molecule has 0 saturated carbocycles. The number of methoxy groups -OCH3 is 1. The molecule has 0 radical (unpaired) electrons. The van der Waals surface area contributed by atoms with E-state index in [0.29, 0.717) is 6.42 Å². The third-order valence-electron chi connectivity index (χ3n) is 5.66. The SMILES string of the molecule is COc1ccc([C@@H]2N[C@H](C(=O)O)Cc3c2[nH]c2ccccc32)c2ccccc12. The highest BCUT2D eigenvalue weighted by Crippen LogP contribution is 2.39. The van der Waals surface area contributed by atoms with Gasteiger partial charge in [-0.25, -0.2) is 0 Å². The minimum Gasteiger partial charge on any atom is -0.496 e. The zero-order chi connectivity index (χ0) is 19.3. The normalized spacial score (nSPS) is 18.9. The summed E-state index contributed by atoms with van der Waals surface area (Å²) in [4.78, 5) is 15.4. The number of aromatic amines is 1. The van der Waals surface area contributed by atoms with Crippen LogP contribution in [-0.4, -0.2) is 29.2 Å². The first-order chi connectivity index (χ1) is 13.7. The summed E-state index contributed by atoms with van der Waals surface area (Å²) < 4.78 is 5.52. The van der Waals surface area contributed by atoms with Gasteiger partial charge in [-0.2, -0.15) is 0 Å². The Bertz CT molecular complexity index is 1210. The molecule has 1 aromatic heterocycles. The summed E-state index contributed by atoms with van der Waals surface area (Å²) in [5.74, 6) is -0.0273. The number of carboxylic acid groups (broad SMARTS) is 1. The fourth-order valence-corrected chi connectivity index (χ4v) is 4.36. The number of carbonyl (C=O) groups is 1. The lowest BCUT2D eigenvalue weighted by atomic mass is 9.88. The van der Waals surface area contributed by atoms with Gasteiger partial charge < -0.3 is 14.8 Å². The predicted octanol–water partition coefficient (Wildman–Crippen LogP) is 4.02. The van der Waals surface area contributed by atoms with E-state index in [-0.39, 0.29) is 6.04 Å². The van der Waals surface area contributed by atoms with Crippen molar-refractivity contribution >= 4 is 27.6 Å². The summed E-state index contributed by atoms with van der Waals surface area (Å²) in [6, 6.07) is 19.2. The Labute approximate surface area is 161 Å². The Hall–Kier alpha value is -3.31. The number of carboxylic acids is 1. The summed E-state index contributed by atoms with van der Waals surface area (Å²) in [5.41, 5.74) is 4.18. The highest BCUT2D eigenvalue weighted by molar-refractivity contribution is 5.93. The molecule has 1 aliphatic heterocycles. The average Bonchev–Trinajstić information content (AvgIpc) is 3.11. The molecule has 0 saturated heterocycles. The maximum absolute atomic E-state index is 11.9. The maximum atomic E-state index is 11.9. The number of hydrogen-bond donors (Lipinski definition) is 3. The van der Waals surface area contributed by atoms with Gasteiger partial charge in [0.15, 0.2) is 0 Å². The van der Waals surface area contributed by atoms with Crippen LogP contribution in [0.2, 0.25) is 0 Å². The zero-order valence-electron chi connectivity index (χ0n) is 15.4. The summed E-state index contributed by atoms with van der Waals surface area (Å²) in [6.07, 6.45) is 0.458. The van der Waals surface area contributed by atoms with Crippen LogP contribution < -0.4 is 10.1 Å². The molecule has 0 fully saturated rings. The smallest absolute Gasteiger partial charge is 0.321 e. The number of rotatable bonds is 3. The maximum Gasteiger partial charge on any atom is 0.321 e. The number of aromatic nitrogens is 1. The Balaban J connectivity index is 1.77. The predicted molar refractivity (Wildman–Crippen MR) is 109 cm³/mol. The minimum absolute atomic E-state index is 0.243. The first-order valence-corrected chi connectivity index (χ1v) is 9.31. The van der Waals surface area contributed by atoms with Gasteiger partial charge in [0.25, 0.3) is 0 Å². The van der Waals surface area contributed by atoms with Crippen molar-refractivity contribution in [1.82, 2.24) is 10.3 Å². The number of aliphatic carboxylic acids is 1. The standard InChI is InChI=1S/C23H20N2O3/c1-28-20-11-10-16(13-6-2-3-8-15(13)20)21-22-17(12-19(25-21)23(26)27)14-7-4-5-9-18(14)24-22/h2-11,19,21,24-25H,12H2,1H3,(H,26,27)/t19-,21-/m0/s1. The molecule has 0 aliphatic carbocycles. The molecule has 1 aliphatic rings. The van der Waals surface area contributed by atoms with Crippen molar-refractivity contribution in [3.8, 4) is 5.75 Å². The molecule has 140 valence electrons. The molecule has 2 atom stereocenters. The quantitative estimate of drug-likeness (QED) is 0.508. The molecule has 3 N–H and O–H groups in total. The van der Waals surface area contributed by atoms with Gasteiger partial charge in [0.2, 0.25) is 0 Å². The topological polar surface area (TPSA) is 74.3 Å².